The van der Waals surface area contributed by atoms with Crippen LogP contribution in [0.25, 0.3) is 5.57 Å². The first-order chi connectivity index (χ1) is 7.31. The van der Waals surface area contributed by atoms with Crippen molar-refractivity contribution in [2.45, 2.75) is 26.2 Å². The van der Waals surface area contributed by atoms with Crippen LogP contribution < -0.4 is 5.48 Å². The molecule has 0 unspecified atom stereocenters. The van der Waals surface area contributed by atoms with Crippen molar-refractivity contribution < 1.29 is 9.73 Å². The SMILES string of the molecule is Cc1noc(C2=C(N=CNO)CCC2)n1. The zero-order chi connectivity index (χ0) is 10.7. The van der Waals surface area contributed by atoms with Gasteiger partial charge < -0.3 is 4.52 Å². The number of aromatic nitrogens is 2. The highest BCUT2D eigenvalue weighted by atomic mass is 16.5. The van der Waals surface area contributed by atoms with Crippen LogP contribution in [0.15, 0.2) is 15.2 Å². The summed E-state index contributed by atoms with van der Waals surface area (Å²) in [7, 11) is 0. The number of nitrogens with one attached hydrogen (secondary N) is 1. The van der Waals surface area contributed by atoms with E-state index < -0.39 is 0 Å². The Balaban J connectivity index is 2.29. The van der Waals surface area contributed by atoms with Crippen LogP contribution in [-0.2, 0) is 0 Å². The van der Waals surface area contributed by atoms with Crippen molar-refractivity contribution in [3.05, 3.63) is 17.4 Å². The molecule has 0 saturated carbocycles. The summed E-state index contributed by atoms with van der Waals surface area (Å²) in [5.74, 6) is 1.16. The molecule has 1 heterocycles. The summed E-state index contributed by atoms with van der Waals surface area (Å²) in [6.45, 7) is 1.78. The van der Waals surface area contributed by atoms with E-state index in [1.807, 2.05) is 5.48 Å². The Labute approximate surface area is 86.7 Å². The molecule has 0 aliphatic heterocycles. The monoisotopic (exact) mass is 208 g/mol. The fourth-order valence-corrected chi connectivity index (χ4v) is 1.63. The van der Waals surface area contributed by atoms with Crippen LogP contribution in [0.1, 0.15) is 31.0 Å². The average molecular weight is 208 g/mol. The van der Waals surface area contributed by atoms with Crippen LogP contribution in [0.2, 0.25) is 0 Å². The van der Waals surface area contributed by atoms with Crippen molar-refractivity contribution in [2.75, 3.05) is 0 Å². The highest BCUT2D eigenvalue weighted by molar-refractivity contribution is 5.67. The quantitative estimate of drug-likeness (QED) is 0.444. The summed E-state index contributed by atoms with van der Waals surface area (Å²) in [6.07, 6.45) is 4.02. The number of aliphatic imine (C=N–C) groups is 1. The van der Waals surface area contributed by atoms with Crippen LogP contribution in [0.4, 0.5) is 0 Å². The second-order valence-corrected chi connectivity index (χ2v) is 3.31. The van der Waals surface area contributed by atoms with E-state index in [1.54, 1.807) is 6.92 Å². The number of nitrogens with zero attached hydrogens (tertiary/aromatic N) is 3. The average Bonchev–Trinajstić information content (AvgIpc) is 2.82. The molecule has 2 N–H and O–H groups in total. The lowest BCUT2D eigenvalue weighted by Crippen LogP contribution is -2.02. The molecule has 0 aromatic carbocycles. The number of hydrogen-bond acceptors (Lipinski definition) is 5. The predicted octanol–water partition coefficient (Wildman–Crippen LogP) is 1.28. The van der Waals surface area contributed by atoms with Crippen LogP contribution >= 0.6 is 0 Å². The van der Waals surface area contributed by atoms with Gasteiger partial charge in [-0.2, -0.15) is 4.98 Å². The van der Waals surface area contributed by atoms with E-state index in [2.05, 4.69) is 15.1 Å². The summed E-state index contributed by atoms with van der Waals surface area (Å²) in [5, 5.41) is 12.2. The maximum Gasteiger partial charge on any atom is 0.255 e. The Morgan fingerprint density at radius 3 is 3.07 bits per heavy atom. The first kappa shape index (κ1) is 9.85. The summed E-state index contributed by atoms with van der Waals surface area (Å²) in [5.41, 5.74) is 3.74. The molecule has 0 saturated heterocycles. The fraction of sp³-hybridized carbons (Fsp3) is 0.444. The topological polar surface area (TPSA) is 83.5 Å². The Morgan fingerprint density at radius 1 is 1.53 bits per heavy atom. The highest BCUT2D eigenvalue weighted by Crippen LogP contribution is 2.33. The van der Waals surface area contributed by atoms with E-state index in [9.17, 15) is 0 Å². The van der Waals surface area contributed by atoms with E-state index >= 15 is 0 Å². The molecule has 1 aliphatic rings. The molecule has 2 rings (SSSR count). The molecule has 0 radical (unpaired) electrons. The van der Waals surface area contributed by atoms with Gasteiger partial charge in [0.2, 0.25) is 0 Å². The van der Waals surface area contributed by atoms with Crippen molar-refractivity contribution in [1.82, 2.24) is 15.6 Å². The number of hydroxylamine groups is 1. The van der Waals surface area contributed by atoms with Crippen molar-refractivity contribution in [2.24, 2.45) is 4.99 Å². The van der Waals surface area contributed by atoms with Crippen molar-refractivity contribution in [3.8, 4) is 0 Å². The van der Waals surface area contributed by atoms with E-state index in [4.69, 9.17) is 9.73 Å². The third kappa shape index (κ3) is 2.04. The molecule has 0 bridgehead atoms. The van der Waals surface area contributed by atoms with Crippen molar-refractivity contribution in [3.63, 3.8) is 0 Å². The first-order valence-electron chi connectivity index (χ1n) is 4.76. The van der Waals surface area contributed by atoms with Gasteiger partial charge in [-0.15, -0.1) is 0 Å². The normalized spacial score (nSPS) is 16.7. The largest absolute Gasteiger partial charge is 0.334 e. The minimum Gasteiger partial charge on any atom is -0.334 e. The number of hydrogen-bond donors (Lipinski definition) is 2. The Kier molecular flexibility index (Phi) is 2.77. The molecule has 1 aromatic heterocycles. The molecule has 1 aromatic rings. The molecule has 1 aliphatic carbocycles. The van der Waals surface area contributed by atoms with E-state index in [0.29, 0.717) is 11.7 Å². The van der Waals surface area contributed by atoms with Crippen LogP contribution in [0.3, 0.4) is 0 Å². The Morgan fingerprint density at radius 2 is 2.40 bits per heavy atom. The van der Waals surface area contributed by atoms with Gasteiger partial charge in [0.05, 0.1) is 5.70 Å². The van der Waals surface area contributed by atoms with Gasteiger partial charge in [0, 0.05) is 5.57 Å². The number of aryl methyl sites for hydroxylation is 1. The van der Waals surface area contributed by atoms with Gasteiger partial charge in [0.25, 0.3) is 5.89 Å². The second kappa shape index (κ2) is 4.22. The predicted molar refractivity (Wildman–Crippen MR) is 53.2 cm³/mol. The minimum absolute atomic E-state index is 0.537. The van der Waals surface area contributed by atoms with Gasteiger partial charge in [-0.05, 0) is 26.2 Å². The molecule has 0 amide bonds. The van der Waals surface area contributed by atoms with Gasteiger partial charge in [0.1, 0.15) is 6.34 Å². The zero-order valence-electron chi connectivity index (χ0n) is 8.40. The fourth-order valence-electron chi connectivity index (χ4n) is 1.63. The minimum atomic E-state index is 0.537. The highest BCUT2D eigenvalue weighted by Gasteiger charge is 2.20. The molecule has 80 valence electrons. The number of allylic oxidation sites excluding steroid dienone is 2. The third-order valence-corrected chi connectivity index (χ3v) is 2.25. The maximum atomic E-state index is 8.41. The molecular formula is C9H12N4O2. The molecule has 0 atom stereocenters. The number of rotatable bonds is 3. The van der Waals surface area contributed by atoms with Crippen molar-refractivity contribution in [1.29, 1.82) is 0 Å². The van der Waals surface area contributed by atoms with Gasteiger partial charge in [-0.1, -0.05) is 5.16 Å². The summed E-state index contributed by atoms with van der Waals surface area (Å²) < 4.78 is 5.08. The molecule has 0 spiro atoms. The maximum absolute atomic E-state index is 8.41. The van der Waals surface area contributed by atoms with Gasteiger partial charge in [-0.25, -0.2) is 4.99 Å². The first-order valence-corrected chi connectivity index (χ1v) is 4.76. The van der Waals surface area contributed by atoms with E-state index in [-0.39, 0.29) is 0 Å². The van der Waals surface area contributed by atoms with Crippen molar-refractivity contribution >= 4 is 11.9 Å². The third-order valence-electron chi connectivity index (χ3n) is 2.25. The van der Waals surface area contributed by atoms with Crippen LogP contribution in [0.5, 0.6) is 0 Å². The van der Waals surface area contributed by atoms with E-state index in [1.165, 1.54) is 6.34 Å². The standard InChI is InChI=1S/C9H12N4O2/c1-6-12-9(15-13-6)7-3-2-4-8(7)10-5-11-14/h5,14H,2-4H2,1H3,(H,10,11). The molecule has 15 heavy (non-hydrogen) atoms. The van der Waals surface area contributed by atoms with Crippen LogP contribution in [-0.4, -0.2) is 21.7 Å². The Bertz CT molecular complexity index is 408. The van der Waals surface area contributed by atoms with E-state index in [0.717, 1.165) is 30.5 Å². The zero-order valence-corrected chi connectivity index (χ0v) is 8.40. The Hall–Kier alpha value is -1.69. The lowest BCUT2D eigenvalue weighted by atomic mass is 10.2. The van der Waals surface area contributed by atoms with Gasteiger partial charge >= 0.3 is 0 Å². The van der Waals surface area contributed by atoms with Crippen LogP contribution in [0, 0.1) is 6.92 Å². The molecule has 6 heteroatoms. The molecule has 6 nitrogen and oxygen atoms in total. The summed E-state index contributed by atoms with van der Waals surface area (Å²) in [4.78, 5) is 8.23. The second-order valence-electron chi connectivity index (χ2n) is 3.31. The lowest BCUT2D eigenvalue weighted by molar-refractivity contribution is 0.239. The van der Waals surface area contributed by atoms with Gasteiger partial charge in [-0.3, -0.25) is 10.7 Å². The summed E-state index contributed by atoms with van der Waals surface area (Å²) >= 11 is 0. The smallest absolute Gasteiger partial charge is 0.255 e. The lowest BCUT2D eigenvalue weighted by Gasteiger charge is -1.96. The van der Waals surface area contributed by atoms with Gasteiger partial charge in [0.15, 0.2) is 5.82 Å². The molecule has 0 fully saturated rings. The summed E-state index contributed by atoms with van der Waals surface area (Å²) in [6, 6.07) is 0. The molecular weight excluding hydrogens is 196 g/mol.